The second-order valence-corrected chi connectivity index (χ2v) is 11.1. The van der Waals surface area contributed by atoms with Crippen molar-refractivity contribution in [2.45, 2.75) is 70.3 Å². The first-order valence-electron chi connectivity index (χ1n) is 12.4. The summed E-state index contributed by atoms with van der Waals surface area (Å²) >= 11 is 7.19. The van der Waals surface area contributed by atoms with Crippen LogP contribution in [0.5, 0.6) is 0 Å². The number of aromatic nitrogens is 3. The van der Waals surface area contributed by atoms with Crippen molar-refractivity contribution < 1.29 is 4.79 Å². The molecule has 1 unspecified atom stereocenters. The highest BCUT2D eigenvalue weighted by atomic mass is 35.5. The molecule has 0 spiro atoms. The van der Waals surface area contributed by atoms with Gasteiger partial charge in [-0.15, -0.1) is 0 Å². The number of carbonyl (C=O) groups is 1. The number of amidine groups is 1. The first-order chi connectivity index (χ1) is 17.0. The minimum absolute atomic E-state index is 0.134. The fraction of sp³-hybridized carbons (Fsp3) is 0.542. The fourth-order valence-electron chi connectivity index (χ4n) is 5.28. The van der Waals surface area contributed by atoms with Crippen molar-refractivity contribution in [2.24, 2.45) is 22.4 Å². The quantitative estimate of drug-likeness (QED) is 0.390. The van der Waals surface area contributed by atoms with Crippen LogP contribution in [-0.4, -0.2) is 39.3 Å². The van der Waals surface area contributed by atoms with Gasteiger partial charge in [0.15, 0.2) is 10.9 Å². The number of nitrogens with two attached hydrogens (primary N) is 2. The molecule has 5 N–H and O–H groups in total. The molecule has 0 radical (unpaired) electrons. The van der Waals surface area contributed by atoms with Crippen molar-refractivity contribution in [3.05, 3.63) is 33.6 Å². The summed E-state index contributed by atoms with van der Waals surface area (Å²) in [7, 11) is 0. The van der Waals surface area contributed by atoms with Gasteiger partial charge in [0.1, 0.15) is 16.2 Å². The van der Waals surface area contributed by atoms with Crippen LogP contribution in [0.2, 0.25) is 4.34 Å². The van der Waals surface area contributed by atoms with Crippen LogP contribution in [0.3, 0.4) is 0 Å². The number of aliphatic imine (C=N–C) groups is 1. The minimum atomic E-state index is -0.381. The zero-order valence-corrected chi connectivity index (χ0v) is 21.2. The number of allylic oxidation sites excluding steroid dienone is 1. The molecule has 35 heavy (non-hydrogen) atoms. The summed E-state index contributed by atoms with van der Waals surface area (Å²) < 4.78 is 0.531. The third kappa shape index (κ3) is 5.43. The van der Waals surface area contributed by atoms with Gasteiger partial charge in [-0.05, 0) is 56.9 Å². The van der Waals surface area contributed by atoms with Crippen molar-refractivity contribution in [1.29, 1.82) is 0 Å². The van der Waals surface area contributed by atoms with Crippen LogP contribution in [0, 0.1) is 5.92 Å². The predicted molar refractivity (Wildman–Crippen MR) is 140 cm³/mol. The third-order valence-electron chi connectivity index (χ3n) is 7.05. The summed E-state index contributed by atoms with van der Waals surface area (Å²) in [5, 5.41) is 3.36. The number of anilines is 2. The maximum atomic E-state index is 13.0. The Kier molecular flexibility index (Phi) is 7.19. The van der Waals surface area contributed by atoms with Crippen molar-refractivity contribution >= 4 is 51.6 Å². The highest BCUT2D eigenvalue weighted by molar-refractivity contribution is 7.19. The minimum Gasteiger partial charge on any atom is -0.402 e. The number of amides is 1. The van der Waals surface area contributed by atoms with Gasteiger partial charge in [-0.2, -0.15) is 4.98 Å². The molecule has 1 saturated heterocycles. The van der Waals surface area contributed by atoms with Crippen molar-refractivity contribution in [2.75, 3.05) is 16.8 Å². The van der Waals surface area contributed by atoms with E-state index in [-0.39, 0.29) is 11.9 Å². The Morgan fingerprint density at radius 3 is 2.74 bits per heavy atom. The summed E-state index contributed by atoms with van der Waals surface area (Å²) in [6, 6.07) is -0.381. The predicted octanol–water partition coefficient (Wildman–Crippen LogP) is 4.09. The molecule has 0 aromatic carbocycles. The van der Waals surface area contributed by atoms with Gasteiger partial charge in [0.05, 0.1) is 11.9 Å². The molecule has 1 aliphatic heterocycles. The Bertz CT molecular complexity index is 1160. The average Bonchev–Trinajstić information content (AvgIpc) is 3.60. The largest absolute Gasteiger partial charge is 0.402 e. The van der Waals surface area contributed by atoms with E-state index in [0.29, 0.717) is 46.0 Å². The average molecular weight is 515 g/mol. The number of carbonyl (C=O) groups excluding carboxylic acids is 1. The van der Waals surface area contributed by atoms with E-state index in [2.05, 4.69) is 15.3 Å². The lowest BCUT2D eigenvalue weighted by Crippen LogP contribution is -2.40. The molecule has 2 aromatic rings. The number of hydrogen-bond donors (Lipinski definition) is 3. The molecule has 0 bridgehead atoms. The Labute approximate surface area is 214 Å². The van der Waals surface area contributed by atoms with Crippen LogP contribution >= 0.6 is 22.9 Å². The van der Waals surface area contributed by atoms with Crippen molar-refractivity contribution in [1.82, 2.24) is 15.0 Å². The molecule has 5 rings (SSSR count). The van der Waals surface area contributed by atoms with Crippen molar-refractivity contribution in [3.8, 4) is 0 Å². The lowest BCUT2D eigenvalue weighted by molar-refractivity contribution is -0.117. The molecular weight excluding hydrogens is 484 g/mol. The number of fused-ring (bicyclic) bond motifs is 1. The lowest BCUT2D eigenvalue weighted by Gasteiger charge is -2.24. The zero-order chi connectivity index (χ0) is 24.4. The number of nitrogens with one attached hydrogen (secondary N) is 1. The van der Waals surface area contributed by atoms with Gasteiger partial charge >= 0.3 is 0 Å². The van der Waals surface area contributed by atoms with Crippen molar-refractivity contribution in [3.63, 3.8) is 0 Å². The van der Waals surface area contributed by atoms with E-state index in [1.807, 2.05) is 4.90 Å². The van der Waals surface area contributed by atoms with Gasteiger partial charge in [0.25, 0.3) is 0 Å². The summed E-state index contributed by atoms with van der Waals surface area (Å²) in [6.45, 7) is 0.697. The maximum absolute atomic E-state index is 13.0. The fourth-order valence-corrected chi connectivity index (χ4v) is 6.09. The maximum Gasteiger partial charge on any atom is 0.248 e. The molecule has 11 heteroatoms. The number of halogens is 1. The van der Waals surface area contributed by atoms with E-state index >= 15 is 0 Å². The van der Waals surface area contributed by atoms with Crippen LogP contribution in [-0.2, 0) is 17.6 Å². The molecule has 9 nitrogen and oxygen atoms in total. The normalized spacial score (nSPS) is 21.4. The SMILES string of the molecule is NC(/C=C(\N)C1CCCCC1)=Nc1nc(N2CCCC2C(=O)Nc2ncc(Cl)s2)nc2c1CCC2. The lowest BCUT2D eigenvalue weighted by atomic mass is 9.87. The van der Waals surface area contributed by atoms with Crippen LogP contribution in [0.1, 0.15) is 62.6 Å². The molecule has 1 saturated carbocycles. The summed E-state index contributed by atoms with van der Waals surface area (Å²) in [6.07, 6.45) is 13.6. The number of hydrogen-bond acceptors (Lipinski definition) is 8. The molecule has 2 fully saturated rings. The van der Waals surface area contributed by atoms with E-state index in [1.165, 1.54) is 36.8 Å². The van der Waals surface area contributed by atoms with Gasteiger partial charge in [0, 0.05) is 17.8 Å². The summed E-state index contributed by atoms with van der Waals surface area (Å²) in [5.41, 5.74) is 15.5. The van der Waals surface area contributed by atoms with E-state index < -0.39 is 0 Å². The number of thiazole rings is 1. The van der Waals surface area contributed by atoms with Gasteiger partial charge in [-0.25, -0.2) is 15.0 Å². The Hall–Kier alpha value is -2.72. The first-order valence-corrected chi connectivity index (χ1v) is 13.6. The second-order valence-electron chi connectivity index (χ2n) is 9.45. The highest BCUT2D eigenvalue weighted by Crippen LogP contribution is 2.33. The Balaban J connectivity index is 1.39. The molecular formula is C24H31ClN8OS. The van der Waals surface area contributed by atoms with Crippen LogP contribution in [0.15, 0.2) is 23.0 Å². The Morgan fingerprint density at radius 1 is 1.14 bits per heavy atom. The zero-order valence-electron chi connectivity index (χ0n) is 19.7. The second kappa shape index (κ2) is 10.5. The van der Waals surface area contributed by atoms with Gasteiger partial charge < -0.3 is 21.7 Å². The van der Waals surface area contributed by atoms with Crippen LogP contribution in [0.4, 0.5) is 16.9 Å². The molecule has 2 aromatic heterocycles. The monoisotopic (exact) mass is 514 g/mol. The third-order valence-corrected chi connectivity index (χ3v) is 8.08. The van der Waals surface area contributed by atoms with Gasteiger partial charge in [-0.3, -0.25) is 4.79 Å². The molecule has 1 amide bonds. The van der Waals surface area contributed by atoms with E-state index in [0.717, 1.165) is 55.5 Å². The van der Waals surface area contributed by atoms with Gasteiger partial charge in [0.2, 0.25) is 11.9 Å². The van der Waals surface area contributed by atoms with E-state index in [1.54, 1.807) is 6.08 Å². The molecule has 2 aliphatic carbocycles. The van der Waals surface area contributed by atoms with E-state index in [9.17, 15) is 4.79 Å². The Morgan fingerprint density at radius 2 is 1.97 bits per heavy atom. The van der Waals surface area contributed by atoms with Gasteiger partial charge in [-0.1, -0.05) is 42.2 Å². The molecule has 3 heterocycles. The first kappa shape index (κ1) is 24.0. The molecule has 186 valence electrons. The smallest absolute Gasteiger partial charge is 0.248 e. The molecule has 1 atom stereocenters. The molecule has 3 aliphatic rings. The number of rotatable bonds is 6. The highest BCUT2D eigenvalue weighted by Gasteiger charge is 2.34. The number of aryl methyl sites for hydroxylation is 1. The van der Waals surface area contributed by atoms with E-state index in [4.69, 9.17) is 33.0 Å². The summed E-state index contributed by atoms with van der Waals surface area (Å²) in [5.74, 6) is 1.72. The van der Waals surface area contributed by atoms with Crippen LogP contribution < -0.4 is 21.7 Å². The van der Waals surface area contributed by atoms with Crippen LogP contribution in [0.25, 0.3) is 0 Å². The summed E-state index contributed by atoms with van der Waals surface area (Å²) in [4.78, 5) is 33.4. The standard InChI is InChI=1S/C24H31ClN8OS/c25-19-13-28-24(35-19)32-22(34)18-10-5-11-33(18)23-29-17-9-4-8-15(17)21(31-23)30-20(27)12-16(26)14-6-2-1-3-7-14/h12-14,18H,1-11,26H2,(H,28,32,34)(H2,27,29,30,31)/b16-12-. The topological polar surface area (TPSA) is 135 Å². The number of nitrogens with zero attached hydrogens (tertiary/aromatic N) is 5.